The maximum absolute atomic E-state index is 12.7. The molecule has 2 aromatic carbocycles. The lowest BCUT2D eigenvalue weighted by molar-refractivity contribution is -0.123. The van der Waals surface area contributed by atoms with Crippen LogP contribution in [0.4, 0.5) is 17.1 Å². The van der Waals surface area contributed by atoms with Crippen LogP contribution in [-0.2, 0) is 4.79 Å². The van der Waals surface area contributed by atoms with Crippen molar-refractivity contribution in [3.8, 4) is 45.6 Å². The van der Waals surface area contributed by atoms with Gasteiger partial charge in [-0.2, -0.15) is 10.2 Å². The number of H-pyrrole nitrogens is 4. The molecular weight excluding hydrogens is 851 g/mol. The van der Waals surface area contributed by atoms with Gasteiger partial charge in [-0.25, -0.2) is 19.9 Å². The zero-order valence-corrected chi connectivity index (χ0v) is 38.5. The van der Waals surface area contributed by atoms with Gasteiger partial charge in [0.15, 0.2) is 17.3 Å². The zero-order chi connectivity index (χ0) is 46.1. The van der Waals surface area contributed by atoms with Crippen LogP contribution in [0.3, 0.4) is 0 Å². The number of hydrogen-bond donors (Lipinski definition) is 5. The number of carbonyl (C=O) groups is 1. The van der Waals surface area contributed by atoms with E-state index in [1.54, 1.807) is 12.4 Å². The standard InChI is InChI=1S/C52H51N15O/c1-29-18-19-53-27-34(29)39-24-33(42-46(57-39)48(65-63-42)50-59-36-12-8-14-40(43(36)60-50)66-20-6-5-7-21-66)30-11-10-22-67(28-30)41-15-9-13-37-44(41)61-49(58-37)47-45-38(62-64-47)17-16-35(56-45)31-23-32(26-54-25-31)55-51(68)52(2,3)4/h8-9,12-19,23-27,30H,5-7,10-11,20-22,28H2,1-4H3,(H,55,68)(H,58,61)(H,59,60)(H,62,64)(H,63,65). The summed E-state index contributed by atoms with van der Waals surface area (Å²) in [5.74, 6) is 1.39. The van der Waals surface area contributed by atoms with E-state index in [0.717, 1.165) is 123 Å². The van der Waals surface area contributed by atoms with Gasteiger partial charge in [0, 0.05) is 67.2 Å². The Morgan fingerprint density at radius 3 is 2.22 bits per heavy atom. The summed E-state index contributed by atoms with van der Waals surface area (Å²) in [7, 11) is 0. The minimum atomic E-state index is -0.544. The molecule has 0 radical (unpaired) electrons. The molecule has 10 aromatic rings. The van der Waals surface area contributed by atoms with E-state index in [0.29, 0.717) is 28.4 Å². The highest BCUT2D eigenvalue weighted by Crippen LogP contribution is 2.40. The first-order valence-electron chi connectivity index (χ1n) is 23.5. The lowest BCUT2D eigenvalue weighted by atomic mass is 9.88. The molecule has 8 aromatic heterocycles. The molecule has 16 nitrogen and oxygen atoms in total. The van der Waals surface area contributed by atoms with Crippen molar-refractivity contribution < 1.29 is 4.79 Å². The Morgan fingerprint density at radius 2 is 1.43 bits per heavy atom. The van der Waals surface area contributed by atoms with Crippen LogP contribution in [0.15, 0.2) is 91.5 Å². The molecule has 5 N–H and O–H groups in total. The number of para-hydroxylation sites is 2. The third kappa shape index (κ3) is 7.36. The average Bonchev–Trinajstić information content (AvgIpc) is 4.18. The van der Waals surface area contributed by atoms with E-state index in [-0.39, 0.29) is 11.8 Å². The molecule has 1 unspecified atom stereocenters. The number of benzene rings is 2. The van der Waals surface area contributed by atoms with Crippen molar-refractivity contribution in [2.24, 2.45) is 5.41 Å². The largest absolute Gasteiger partial charge is 0.370 e. The first-order valence-corrected chi connectivity index (χ1v) is 23.5. The second-order valence-corrected chi connectivity index (χ2v) is 19.3. The third-order valence-electron chi connectivity index (χ3n) is 13.6. The van der Waals surface area contributed by atoms with Gasteiger partial charge in [-0.1, -0.05) is 32.9 Å². The maximum Gasteiger partial charge on any atom is 0.229 e. The second kappa shape index (κ2) is 16.4. The van der Waals surface area contributed by atoms with Gasteiger partial charge in [0.2, 0.25) is 5.91 Å². The van der Waals surface area contributed by atoms with Crippen molar-refractivity contribution in [2.75, 3.05) is 41.3 Å². The number of piperidine rings is 2. The quantitative estimate of drug-likeness (QED) is 0.0971. The molecule has 68 heavy (non-hydrogen) atoms. The van der Waals surface area contributed by atoms with Crippen molar-refractivity contribution >= 4 is 67.1 Å². The molecule has 0 aliphatic carbocycles. The summed E-state index contributed by atoms with van der Waals surface area (Å²) in [5.41, 5.74) is 16.1. The molecule has 16 heteroatoms. The molecular formula is C52H51N15O. The maximum atomic E-state index is 12.7. The Morgan fingerprint density at radius 1 is 0.676 bits per heavy atom. The van der Waals surface area contributed by atoms with Crippen LogP contribution in [-0.4, -0.2) is 92.4 Å². The average molecular weight is 902 g/mol. The minimum Gasteiger partial charge on any atom is -0.370 e. The number of aromatic amines is 4. The first kappa shape index (κ1) is 41.4. The first-order chi connectivity index (χ1) is 33.1. The molecule has 2 aliphatic rings. The number of rotatable bonds is 8. The van der Waals surface area contributed by atoms with E-state index in [4.69, 9.17) is 30.1 Å². The molecule has 1 amide bonds. The van der Waals surface area contributed by atoms with E-state index in [2.05, 4.69) is 94.6 Å². The van der Waals surface area contributed by atoms with Crippen LogP contribution in [0, 0.1) is 12.3 Å². The van der Waals surface area contributed by atoms with Crippen molar-refractivity contribution in [2.45, 2.75) is 65.7 Å². The summed E-state index contributed by atoms with van der Waals surface area (Å²) in [6.45, 7) is 11.5. The fourth-order valence-corrected chi connectivity index (χ4v) is 9.91. The zero-order valence-electron chi connectivity index (χ0n) is 38.5. The van der Waals surface area contributed by atoms with E-state index in [1.807, 2.05) is 57.4 Å². The Labute approximate surface area is 391 Å². The number of nitrogens with zero attached hydrogens (tertiary/aromatic N) is 10. The number of hydrogen-bond acceptors (Lipinski definition) is 11. The van der Waals surface area contributed by atoms with Crippen molar-refractivity contribution in [1.82, 2.24) is 60.3 Å². The molecule has 10 heterocycles. The van der Waals surface area contributed by atoms with Crippen LogP contribution >= 0.6 is 0 Å². The SMILES string of the molecule is Cc1ccncc1-c1cc(C2CCCN(c3cccc4[nH]c(-c5n[nH]c6ccc(-c7cncc(NC(=O)C(C)(C)C)c7)nc56)nc34)C2)c2n[nH]c(-c3nc4c(N5CCCCC5)cccc4[nH]3)c2n1. The topological polar surface area (TPSA) is 202 Å². The van der Waals surface area contributed by atoms with Gasteiger partial charge in [-0.15, -0.1) is 0 Å². The summed E-state index contributed by atoms with van der Waals surface area (Å²) in [6, 6.07) is 22.7. The molecule has 0 spiro atoms. The Bertz CT molecular complexity index is 3550. The van der Waals surface area contributed by atoms with Crippen molar-refractivity contribution in [3.63, 3.8) is 0 Å². The lowest BCUT2D eigenvalue weighted by Crippen LogP contribution is -2.34. The van der Waals surface area contributed by atoms with Gasteiger partial charge in [-0.05, 0) is 105 Å². The normalized spacial score (nSPS) is 15.9. The van der Waals surface area contributed by atoms with Crippen LogP contribution in [0.1, 0.15) is 69.9 Å². The monoisotopic (exact) mass is 901 g/mol. The number of aryl methyl sites for hydroxylation is 1. The number of amides is 1. The fourth-order valence-electron chi connectivity index (χ4n) is 9.91. The molecule has 2 saturated heterocycles. The number of carbonyl (C=O) groups excluding carboxylic acids is 1. The molecule has 2 aliphatic heterocycles. The second-order valence-electron chi connectivity index (χ2n) is 19.3. The van der Waals surface area contributed by atoms with Crippen LogP contribution in [0.2, 0.25) is 0 Å². The molecule has 0 bridgehead atoms. The number of imidazole rings is 2. The van der Waals surface area contributed by atoms with Crippen LogP contribution < -0.4 is 15.1 Å². The highest BCUT2D eigenvalue weighted by molar-refractivity contribution is 5.98. The van der Waals surface area contributed by atoms with Gasteiger partial charge in [0.05, 0.1) is 51.2 Å². The fraction of sp³-hybridized carbons (Fsp3) is 0.288. The number of fused-ring (bicyclic) bond motifs is 4. The molecule has 340 valence electrons. The predicted octanol–water partition coefficient (Wildman–Crippen LogP) is 10.1. The Balaban J connectivity index is 0.886. The summed E-state index contributed by atoms with van der Waals surface area (Å²) in [6.07, 6.45) is 12.7. The van der Waals surface area contributed by atoms with Gasteiger partial charge in [0.25, 0.3) is 0 Å². The van der Waals surface area contributed by atoms with E-state index >= 15 is 0 Å². The predicted molar refractivity (Wildman–Crippen MR) is 267 cm³/mol. The van der Waals surface area contributed by atoms with Gasteiger partial charge in [-0.3, -0.25) is 25.0 Å². The van der Waals surface area contributed by atoms with Gasteiger partial charge in [0.1, 0.15) is 33.3 Å². The Hall–Kier alpha value is -8.01. The highest BCUT2D eigenvalue weighted by Gasteiger charge is 2.29. The summed E-state index contributed by atoms with van der Waals surface area (Å²) in [5, 5.41) is 19.2. The van der Waals surface area contributed by atoms with Crippen LogP contribution in [0.5, 0.6) is 0 Å². The van der Waals surface area contributed by atoms with E-state index in [1.165, 1.54) is 24.9 Å². The summed E-state index contributed by atoms with van der Waals surface area (Å²) < 4.78 is 0. The van der Waals surface area contributed by atoms with Crippen LogP contribution in [0.25, 0.3) is 89.7 Å². The lowest BCUT2D eigenvalue weighted by Gasteiger charge is -2.35. The number of nitrogens with one attached hydrogen (secondary N) is 5. The van der Waals surface area contributed by atoms with Crippen molar-refractivity contribution in [3.05, 3.63) is 103 Å². The molecule has 12 rings (SSSR count). The minimum absolute atomic E-state index is 0.0892. The van der Waals surface area contributed by atoms with Gasteiger partial charge >= 0.3 is 0 Å². The third-order valence-corrected chi connectivity index (χ3v) is 13.6. The Kier molecular flexibility index (Phi) is 9.99. The number of aromatic nitrogens is 12. The van der Waals surface area contributed by atoms with E-state index in [9.17, 15) is 4.79 Å². The highest BCUT2D eigenvalue weighted by atomic mass is 16.2. The number of anilines is 3. The summed E-state index contributed by atoms with van der Waals surface area (Å²) in [4.78, 5) is 54.6. The van der Waals surface area contributed by atoms with E-state index < -0.39 is 5.41 Å². The molecule has 2 fully saturated rings. The van der Waals surface area contributed by atoms with Gasteiger partial charge < -0.3 is 25.1 Å². The molecule has 0 saturated carbocycles. The van der Waals surface area contributed by atoms with Crippen molar-refractivity contribution in [1.29, 1.82) is 0 Å². The smallest absolute Gasteiger partial charge is 0.229 e. The number of pyridine rings is 4. The molecule has 1 atom stereocenters. The summed E-state index contributed by atoms with van der Waals surface area (Å²) >= 11 is 0.